The van der Waals surface area contributed by atoms with Crippen molar-refractivity contribution >= 4 is 17.2 Å². The third-order valence-corrected chi connectivity index (χ3v) is 5.83. The van der Waals surface area contributed by atoms with E-state index in [1.54, 1.807) is 0 Å². The molecule has 0 bridgehead atoms. The van der Waals surface area contributed by atoms with Gasteiger partial charge in [-0.05, 0) is 35.4 Å². The smallest absolute Gasteiger partial charge is 0.224 e. The van der Waals surface area contributed by atoms with E-state index in [0.29, 0.717) is 13.0 Å². The minimum absolute atomic E-state index is 0.263. The van der Waals surface area contributed by atoms with Crippen LogP contribution in [-0.4, -0.2) is 48.4 Å². The Morgan fingerprint density at radius 3 is 2.80 bits per heavy atom. The first-order chi connectivity index (χ1) is 12.3. The summed E-state index contributed by atoms with van der Waals surface area (Å²) < 4.78 is 0. The van der Waals surface area contributed by atoms with E-state index in [9.17, 15) is 4.79 Å². The predicted molar refractivity (Wildman–Crippen MR) is 104 cm³/mol. The van der Waals surface area contributed by atoms with Crippen LogP contribution < -0.4 is 5.73 Å². The number of thiophene rings is 1. The Bertz CT molecular complexity index is 671. The van der Waals surface area contributed by atoms with Crippen LogP contribution in [0.4, 0.5) is 0 Å². The Labute approximate surface area is 154 Å². The van der Waals surface area contributed by atoms with Crippen molar-refractivity contribution in [2.24, 2.45) is 5.73 Å². The van der Waals surface area contributed by atoms with Crippen LogP contribution in [0.15, 0.2) is 41.8 Å². The molecule has 1 amide bonds. The summed E-state index contributed by atoms with van der Waals surface area (Å²) in [6.07, 6.45) is 2.57. The third-order valence-electron chi connectivity index (χ3n) is 4.81. The molecule has 0 radical (unpaired) electrons. The van der Waals surface area contributed by atoms with Crippen LogP contribution in [0.3, 0.4) is 0 Å². The molecule has 0 unspecified atom stereocenters. The molecular formula is C20H27N3OS. The maximum Gasteiger partial charge on any atom is 0.224 e. The van der Waals surface area contributed by atoms with Gasteiger partial charge >= 0.3 is 0 Å². The van der Waals surface area contributed by atoms with Gasteiger partial charge in [0, 0.05) is 50.6 Å². The van der Waals surface area contributed by atoms with Crippen LogP contribution in [0.25, 0.3) is 0 Å². The molecule has 134 valence electrons. The Balaban J connectivity index is 1.46. The fourth-order valence-electron chi connectivity index (χ4n) is 3.32. The highest BCUT2D eigenvalue weighted by Crippen LogP contribution is 2.24. The van der Waals surface area contributed by atoms with Gasteiger partial charge < -0.3 is 15.5 Å². The molecule has 2 N–H and O–H groups in total. The maximum absolute atomic E-state index is 12.6. The quantitative estimate of drug-likeness (QED) is 0.790. The summed E-state index contributed by atoms with van der Waals surface area (Å²) in [5, 5.41) is 2.13. The molecule has 4 nitrogen and oxygen atoms in total. The number of carbonyl (C=O) groups excluding carboxylic acids is 1. The molecule has 1 aromatic carbocycles. The number of carbonyl (C=O) groups is 1. The summed E-state index contributed by atoms with van der Waals surface area (Å²) in [5.41, 5.74) is 8.41. The second-order valence-corrected chi connectivity index (χ2v) is 7.55. The number of rotatable bonds is 8. The highest BCUT2D eigenvalue weighted by Gasteiger charge is 2.21. The second kappa shape index (κ2) is 9.13. The molecule has 5 heteroatoms. The van der Waals surface area contributed by atoms with Gasteiger partial charge in [0.25, 0.3) is 0 Å². The summed E-state index contributed by atoms with van der Waals surface area (Å²) in [6.45, 7) is 4.84. The zero-order valence-electron chi connectivity index (χ0n) is 14.7. The van der Waals surface area contributed by atoms with Crippen molar-refractivity contribution in [3.63, 3.8) is 0 Å². The molecule has 25 heavy (non-hydrogen) atoms. The molecule has 0 spiro atoms. The molecule has 1 aliphatic rings. The Morgan fingerprint density at radius 1 is 1.16 bits per heavy atom. The van der Waals surface area contributed by atoms with Crippen LogP contribution in [0.1, 0.15) is 22.4 Å². The number of hydrogen-bond donors (Lipinski definition) is 1. The molecule has 0 atom stereocenters. The maximum atomic E-state index is 12.6. The highest BCUT2D eigenvalue weighted by atomic mass is 32.1. The first-order valence-electron chi connectivity index (χ1n) is 9.05. The molecular weight excluding hydrogens is 330 g/mol. The molecule has 0 saturated heterocycles. The Morgan fingerprint density at radius 2 is 2.00 bits per heavy atom. The van der Waals surface area contributed by atoms with Gasteiger partial charge in [0.05, 0.1) is 0 Å². The molecule has 0 aliphatic carbocycles. The van der Waals surface area contributed by atoms with Gasteiger partial charge in [-0.25, -0.2) is 0 Å². The summed E-state index contributed by atoms with van der Waals surface area (Å²) in [4.78, 5) is 18.3. The van der Waals surface area contributed by atoms with Gasteiger partial charge in [-0.1, -0.05) is 30.3 Å². The normalized spacial score (nSPS) is 13.9. The topological polar surface area (TPSA) is 49.6 Å². The lowest BCUT2D eigenvalue weighted by atomic mass is 10.1. The van der Waals surface area contributed by atoms with E-state index in [1.165, 1.54) is 16.0 Å². The number of benzene rings is 1. The van der Waals surface area contributed by atoms with E-state index in [0.717, 1.165) is 45.6 Å². The summed E-state index contributed by atoms with van der Waals surface area (Å²) in [5.74, 6) is 0.263. The van der Waals surface area contributed by atoms with Crippen LogP contribution in [0.5, 0.6) is 0 Å². The fraction of sp³-hybridized carbons (Fsp3) is 0.450. The van der Waals surface area contributed by atoms with Crippen molar-refractivity contribution in [2.75, 3.05) is 32.7 Å². The number of nitrogens with two attached hydrogens (primary N) is 1. The summed E-state index contributed by atoms with van der Waals surface area (Å²) >= 11 is 1.81. The van der Waals surface area contributed by atoms with Crippen LogP contribution in [0.2, 0.25) is 0 Å². The van der Waals surface area contributed by atoms with Crippen molar-refractivity contribution in [3.8, 4) is 0 Å². The van der Waals surface area contributed by atoms with Crippen LogP contribution in [-0.2, 0) is 24.2 Å². The minimum Gasteiger partial charge on any atom is -0.338 e. The number of amides is 1. The SMILES string of the molecule is NCCN(CCC(=O)N1CCc2sccc2C1)CCc1ccccc1. The van der Waals surface area contributed by atoms with E-state index >= 15 is 0 Å². The summed E-state index contributed by atoms with van der Waals surface area (Å²) in [7, 11) is 0. The minimum atomic E-state index is 0.263. The number of nitrogens with zero attached hydrogens (tertiary/aromatic N) is 2. The first-order valence-corrected chi connectivity index (χ1v) is 9.93. The highest BCUT2D eigenvalue weighted by molar-refractivity contribution is 7.10. The molecule has 1 aliphatic heterocycles. The van der Waals surface area contributed by atoms with Gasteiger partial charge in [-0.15, -0.1) is 11.3 Å². The van der Waals surface area contributed by atoms with E-state index in [4.69, 9.17) is 5.73 Å². The third kappa shape index (κ3) is 5.14. The average molecular weight is 358 g/mol. The lowest BCUT2D eigenvalue weighted by molar-refractivity contribution is -0.132. The zero-order chi connectivity index (χ0) is 17.5. The van der Waals surface area contributed by atoms with Gasteiger partial charge in [-0.2, -0.15) is 0 Å². The fourth-order valence-corrected chi connectivity index (χ4v) is 4.21. The average Bonchev–Trinajstić information content (AvgIpc) is 3.12. The predicted octanol–water partition coefficient (Wildman–Crippen LogP) is 2.53. The van der Waals surface area contributed by atoms with Crippen LogP contribution in [0, 0.1) is 0 Å². The van der Waals surface area contributed by atoms with E-state index in [2.05, 4.69) is 40.6 Å². The lowest BCUT2D eigenvalue weighted by Gasteiger charge is -2.28. The molecule has 0 saturated carbocycles. The van der Waals surface area contributed by atoms with Crippen molar-refractivity contribution in [1.82, 2.24) is 9.80 Å². The second-order valence-electron chi connectivity index (χ2n) is 6.55. The van der Waals surface area contributed by atoms with E-state index in [1.807, 2.05) is 22.3 Å². The first kappa shape index (κ1) is 18.1. The number of fused-ring (bicyclic) bond motifs is 1. The van der Waals surface area contributed by atoms with Crippen molar-refractivity contribution in [1.29, 1.82) is 0 Å². The van der Waals surface area contributed by atoms with Crippen molar-refractivity contribution in [3.05, 3.63) is 57.8 Å². The standard InChI is InChI=1S/C20H27N3OS/c21-10-14-22(11-6-17-4-2-1-3-5-17)12-8-20(24)23-13-7-19-18(16-23)9-15-25-19/h1-5,9,15H,6-8,10-14,16,21H2. The zero-order valence-corrected chi connectivity index (χ0v) is 15.5. The number of hydrogen-bond acceptors (Lipinski definition) is 4. The van der Waals surface area contributed by atoms with Gasteiger partial charge in [0.15, 0.2) is 0 Å². The van der Waals surface area contributed by atoms with Gasteiger partial charge in [-0.3, -0.25) is 4.79 Å². The lowest BCUT2D eigenvalue weighted by Crippen LogP contribution is -2.39. The van der Waals surface area contributed by atoms with E-state index < -0.39 is 0 Å². The summed E-state index contributed by atoms with van der Waals surface area (Å²) in [6, 6.07) is 12.6. The Hall–Kier alpha value is -1.69. The molecule has 2 aromatic rings. The van der Waals surface area contributed by atoms with Crippen LogP contribution >= 0.6 is 11.3 Å². The molecule has 0 fully saturated rings. The molecule has 3 rings (SSSR count). The largest absolute Gasteiger partial charge is 0.338 e. The van der Waals surface area contributed by atoms with Gasteiger partial charge in [0.1, 0.15) is 0 Å². The van der Waals surface area contributed by atoms with Gasteiger partial charge in [0.2, 0.25) is 5.91 Å². The van der Waals surface area contributed by atoms with Crippen molar-refractivity contribution < 1.29 is 4.79 Å². The monoisotopic (exact) mass is 357 g/mol. The van der Waals surface area contributed by atoms with E-state index in [-0.39, 0.29) is 5.91 Å². The van der Waals surface area contributed by atoms with Crippen molar-refractivity contribution in [2.45, 2.75) is 25.8 Å². The molecule has 1 aromatic heterocycles. The molecule has 2 heterocycles. The Kier molecular flexibility index (Phi) is 6.62.